The molecule has 32 heavy (non-hydrogen) atoms. The Hall–Kier alpha value is -1.29. The van der Waals surface area contributed by atoms with Crippen molar-refractivity contribution in [2.24, 2.45) is 21.8 Å². The Labute approximate surface area is 198 Å². The fraction of sp³-hybridized carbons (Fsp3) is 0.652. The molecule has 0 aromatic heterocycles. The average molecular weight is 477 g/mol. The molecule has 174 valence electrons. The van der Waals surface area contributed by atoms with Gasteiger partial charge < -0.3 is 10.6 Å². The summed E-state index contributed by atoms with van der Waals surface area (Å²) in [4.78, 5) is 14.1. The van der Waals surface area contributed by atoms with E-state index in [-0.39, 0.29) is 5.82 Å². The van der Waals surface area contributed by atoms with E-state index in [4.69, 9.17) is 4.99 Å². The van der Waals surface area contributed by atoms with Crippen molar-refractivity contribution >= 4 is 33.9 Å². The molecule has 0 radical (unpaired) electrons. The normalized spacial score (nSPS) is 22.2. The molecule has 0 saturated heterocycles. The number of benzene rings is 1. The topological polar surface area (TPSA) is 55.3 Å². The third-order valence-electron chi connectivity index (χ3n) is 6.40. The number of nitrogens with one attached hydrogen (secondary N) is 2. The van der Waals surface area contributed by atoms with Crippen molar-refractivity contribution in [2.75, 3.05) is 39.8 Å². The molecule has 5 rings (SSSR count). The summed E-state index contributed by atoms with van der Waals surface area (Å²) in [5.41, 5.74) is 2.20. The largest absolute Gasteiger partial charge is 0.352 e. The number of amidine groups is 2. The van der Waals surface area contributed by atoms with E-state index in [1.165, 1.54) is 32.1 Å². The molecule has 0 bridgehead atoms. The summed E-state index contributed by atoms with van der Waals surface area (Å²) in [5, 5.41) is 8.82. The van der Waals surface area contributed by atoms with Gasteiger partial charge in [0, 0.05) is 24.6 Å². The lowest BCUT2D eigenvalue weighted by molar-refractivity contribution is 0.256. The quantitative estimate of drug-likeness (QED) is 0.565. The average Bonchev–Trinajstić information content (AvgIpc) is 3.73. The Kier molecular flexibility index (Phi) is 7.56. The maximum atomic E-state index is 14.0. The van der Waals surface area contributed by atoms with E-state index >= 15 is 0 Å². The van der Waals surface area contributed by atoms with E-state index < -0.39 is 0 Å². The standard InChI is InChI=1S/C23H33FN6S2/c24-21-6-5-19(11-31-22-25-13-29(14-26-22)8-7-17-1-2-17)20(9-21)12-32-23-27-15-30(16-28-23)10-18-3-4-18/h5-6,9,17-18H,1-4,7-8,10-16H2,(H,25,26)(H,27,28). The molecule has 1 aromatic rings. The van der Waals surface area contributed by atoms with E-state index in [1.807, 2.05) is 6.07 Å². The molecule has 1 aromatic carbocycles. The molecule has 2 aliphatic heterocycles. The first-order valence-electron chi connectivity index (χ1n) is 11.8. The van der Waals surface area contributed by atoms with Crippen LogP contribution in [0, 0.1) is 17.7 Å². The molecule has 0 amide bonds. The molecular formula is C23H33FN6S2. The molecule has 0 spiro atoms. The van der Waals surface area contributed by atoms with Crippen LogP contribution in [0.15, 0.2) is 28.2 Å². The van der Waals surface area contributed by atoms with Crippen LogP contribution in [-0.4, -0.2) is 59.9 Å². The monoisotopic (exact) mass is 476 g/mol. The number of hydrogen-bond donors (Lipinski definition) is 2. The Morgan fingerprint density at radius 3 is 2.16 bits per heavy atom. The second-order valence-corrected chi connectivity index (χ2v) is 11.2. The summed E-state index contributed by atoms with van der Waals surface area (Å²) in [6.07, 6.45) is 6.85. The van der Waals surface area contributed by atoms with Crippen molar-refractivity contribution in [1.29, 1.82) is 0 Å². The van der Waals surface area contributed by atoms with Crippen LogP contribution in [0.3, 0.4) is 0 Å². The summed E-state index contributed by atoms with van der Waals surface area (Å²) in [5.74, 6) is 3.17. The van der Waals surface area contributed by atoms with Gasteiger partial charge in [0.05, 0.1) is 26.7 Å². The zero-order valence-electron chi connectivity index (χ0n) is 18.6. The predicted molar refractivity (Wildman–Crippen MR) is 133 cm³/mol. The van der Waals surface area contributed by atoms with Gasteiger partial charge in [-0.3, -0.25) is 9.80 Å². The van der Waals surface area contributed by atoms with Crippen LogP contribution in [-0.2, 0) is 11.5 Å². The van der Waals surface area contributed by atoms with Gasteiger partial charge in [-0.15, -0.1) is 0 Å². The van der Waals surface area contributed by atoms with Gasteiger partial charge in [0.1, 0.15) is 5.82 Å². The lowest BCUT2D eigenvalue weighted by Crippen LogP contribution is -2.42. The van der Waals surface area contributed by atoms with Gasteiger partial charge in [0.15, 0.2) is 10.3 Å². The van der Waals surface area contributed by atoms with Crippen LogP contribution in [0.5, 0.6) is 0 Å². The number of thioether (sulfide) groups is 2. The van der Waals surface area contributed by atoms with Crippen molar-refractivity contribution in [2.45, 2.75) is 43.6 Å². The molecule has 0 unspecified atom stereocenters. The third-order valence-corrected chi connectivity index (χ3v) is 8.40. The minimum atomic E-state index is -0.178. The fourth-order valence-corrected chi connectivity index (χ4v) is 5.73. The van der Waals surface area contributed by atoms with Gasteiger partial charge in [-0.2, -0.15) is 0 Å². The highest BCUT2D eigenvalue weighted by atomic mass is 32.2. The van der Waals surface area contributed by atoms with Crippen LogP contribution < -0.4 is 10.6 Å². The third kappa shape index (κ3) is 6.85. The minimum Gasteiger partial charge on any atom is -0.352 e. The van der Waals surface area contributed by atoms with Crippen LogP contribution in [0.25, 0.3) is 0 Å². The fourth-order valence-electron chi connectivity index (χ4n) is 3.96. The SMILES string of the molecule is Fc1ccc(CSC2=NCN(CCC3CC3)CN2)c(CSC2=NCN(CC3CC3)CN2)c1. The van der Waals surface area contributed by atoms with Gasteiger partial charge in [-0.05, 0) is 54.4 Å². The van der Waals surface area contributed by atoms with Crippen molar-refractivity contribution in [3.8, 4) is 0 Å². The van der Waals surface area contributed by atoms with E-state index in [0.717, 1.165) is 84.6 Å². The number of hydrogen-bond acceptors (Lipinski definition) is 8. The Morgan fingerprint density at radius 1 is 0.875 bits per heavy atom. The van der Waals surface area contributed by atoms with Crippen LogP contribution in [0.4, 0.5) is 4.39 Å². The Bertz CT molecular complexity index is 855. The van der Waals surface area contributed by atoms with E-state index in [9.17, 15) is 4.39 Å². The number of halogens is 1. The molecule has 2 saturated carbocycles. The molecular weight excluding hydrogens is 443 g/mol. The summed E-state index contributed by atoms with van der Waals surface area (Å²) in [6.45, 7) is 5.55. The molecule has 4 aliphatic rings. The Balaban J connectivity index is 1.09. The van der Waals surface area contributed by atoms with Gasteiger partial charge in [0.25, 0.3) is 0 Å². The maximum Gasteiger partial charge on any atom is 0.159 e. The van der Waals surface area contributed by atoms with Gasteiger partial charge >= 0.3 is 0 Å². The summed E-state index contributed by atoms with van der Waals surface area (Å²) in [6, 6.07) is 5.14. The highest BCUT2D eigenvalue weighted by Crippen LogP contribution is 2.32. The number of nitrogens with zero attached hydrogens (tertiary/aromatic N) is 4. The Morgan fingerprint density at radius 2 is 1.53 bits per heavy atom. The lowest BCUT2D eigenvalue weighted by atomic mass is 10.1. The lowest BCUT2D eigenvalue weighted by Gasteiger charge is -2.27. The predicted octanol–water partition coefficient (Wildman–Crippen LogP) is 3.85. The molecule has 2 aliphatic carbocycles. The second-order valence-electron chi connectivity index (χ2n) is 9.29. The molecule has 2 fully saturated rings. The number of rotatable bonds is 9. The minimum absolute atomic E-state index is 0.178. The smallest absolute Gasteiger partial charge is 0.159 e. The van der Waals surface area contributed by atoms with Crippen molar-refractivity contribution in [3.63, 3.8) is 0 Å². The second kappa shape index (κ2) is 10.8. The summed E-state index contributed by atoms with van der Waals surface area (Å²) >= 11 is 3.38. The first-order chi connectivity index (χ1) is 15.7. The van der Waals surface area contributed by atoms with E-state index in [2.05, 4.69) is 25.4 Å². The van der Waals surface area contributed by atoms with Gasteiger partial charge in [-0.1, -0.05) is 42.4 Å². The first kappa shape index (κ1) is 22.5. The first-order valence-corrected chi connectivity index (χ1v) is 13.7. The summed E-state index contributed by atoms with van der Waals surface area (Å²) < 4.78 is 14.0. The van der Waals surface area contributed by atoms with Crippen molar-refractivity contribution < 1.29 is 4.39 Å². The van der Waals surface area contributed by atoms with Gasteiger partial charge in [0.2, 0.25) is 0 Å². The maximum absolute atomic E-state index is 14.0. The molecule has 6 nitrogen and oxygen atoms in total. The zero-order valence-corrected chi connectivity index (χ0v) is 20.2. The molecule has 2 heterocycles. The zero-order chi connectivity index (χ0) is 21.8. The van der Waals surface area contributed by atoms with Crippen LogP contribution >= 0.6 is 23.5 Å². The van der Waals surface area contributed by atoms with E-state index in [1.54, 1.807) is 35.7 Å². The van der Waals surface area contributed by atoms with Gasteiger partial charge in [-0.25, -0.2) is 14.4 Å². The highest BCUT2D eigenvalue weighted by Gasteiger charge is 2.25. The van der Waals surface area contributed by atoms with Crippen LogP contribution in [0.1, 0.15) is 43.2 Å². The van der Waals surface area contributed by atoms with E-state index in [0.29, 0.717) is 0 Å². The van der Waals surface area contributed by atoms with Crippen molar-refractivity contribution in [1.82, 2.24) is 20.4 Å². The molecule has 2 N–H and O–H groups in total. The highest BCUT2D eigenvalue weighted by molar-refractivity contribution is 8.13. The number of aliphatic imine (C=N–C) groups is 2. The van der Waals surface area contributed by atoms with Crippen molar-refractivity contribution in [3.05, 3.63) is 35.1 Å². The molecule has 9 heteroatoms. The molecule has 0 atom stereocenters. The summed E-state index contributed by atoms with van der Waals surface area (Å²) in [7, 11) is 0. The van der Waals surface area contributed by atoms with Crippen LogP contribution in [0.2, 0.25) is 0 Å².